The third-order valence-corrected chi connectivity index (χ3v) is 14.7. The van der Waals surface area contributed by atoms with Crippen LogP contribution in [0, 0.1) is 0 Å². The number of rotatable bonds is 61. The third-order valence-electron chi connectivity index (χ3n) is 14.7. The Morgan fingerprint density at radius 3 is 0.792 bits per heavy atom. The molecule has 0 aliphatic rings. The summed E-state index contributed by atoms with van der Waals surface area (Å²) in [7, 11) is 0. The predicted octanol–water partition coefficient (Wildman–Crippen LogP) is 22.9. The quantitative estimate of drug-likeness (QED) is 0.0261. The van der Waals surface area contributed by atoms with E-state index in [0.29, 0.717) is 19.3 Å². The molecule has 0 aliphatic heterocycles. The first-order valence-corrected chi connectivity index (χ1v) is 33.4. The largest absolute Gasteiger partial charge is 0.462 e. The number of carbonyl (C=O) groups excluding carboxylic acids is 3. The van der Waals surface area contributed by atoms with Crippen LogP contribution in [-0.4, -0.2) is 37.2 Å². The van der Waals surface area contributed by atoms with Crippen LogP contribution in [0.1, 0.15) is 342 Å². The Kier molecular flexibility index (Phi) is 62.7. The third kappa shape index (κ3) is 63.6. The molecule has 0 aromatic rings. The van der Waals surface area contributed by atoms with Gasteiger partial charge < -0.3 is 14.2 Å². The lowest BCUT2D eigenvalue weighted by atomic mass is 10.0. The molecule has 0 saturated carbocycles. The van der Waals surface area contributed by atoms with Crippen molar-refractivity contribution in [2.75, 3.05) is 13.2 Å². The van der Waals surface area contributed by atoms with Crippen LogP contribution in [0.25, 0.3) is 0 Å². The van der Waals surface area contributed by atoms with Crippen LogP contribution < -0.4 is 0 Å². The maximum Gasteiger partial charge on any atom is 0.306 e. The van der Waals surface area contributed by atoms with Crippen LogP contribution in [0.3, 0.4) is 0 Å². The monoisotopic (exact) mass is 1070 g/mol. The Bertz CT molecular complexity index is 1420. The summed E-state index contributed by atoms with van der Waals surface area (Å²) in [5.41, 5.74) is 0. The van der Waals surface area contributed by atoms with Gasteiger partial charge in [0.15, 0.2) is 6.10 Å². The van der Waals surface area contributed by atoms with Crippen LogP contribution in [-0.2, 0) is 28.6 Å². The Labute approximate surface area is 478 Å². The molecule has 0 saturated heterocycles. The fourth-order valence-electron chi connectivity index (χ4n) is 9.74. The molecule has 1 atom stereocenters. The highest BCUT2D eigenvalue weighted by Gasteiger charge is 2.19. The Hall–Kier alpha value is -3.15. The van der Waals surface area contributed by atoms with Gasteiger partial charge in [-0.25, -0.2) is 0 Å². The van der Waals surface area contributed by atoms with E-state index in [1.54, 1.807) is 0 Å². The van der Waals surface area contributed by atoms with Gasteiger partial charge in [0, 0.05) is 19.3 Å². The second-order valence-corrected chi connectivity index (χ2v) is 22.4. The molecular weight excluding hydrogens is 949 g/mol. The van der Waals surface area contributed by atoms with Crippen molar-refractivity contribution in [3.05, 3.63) is 72.9 Å². The SMILES string of the molecule is CC/C=C\C/C=C\C/C=C\C/C=C\C/C=C\C/C=C\CCCCCCCCCCC(=O)OCC(COC(=O)CCCCCCCC)OC(=O)CCCCCCCCCCCCCCCCCCCCCCCCCCCC. The fourth-order valence-corrected chi connectivity index (χ4v) is 9.74. The summed E-state index contributed by atoms with van der Waals surface area (Å²) >= 11 is 0. The molecule has 0 aliphatic carbocycles. The van der Waals surface area contributed by atoms with Gasteiger partial charge in [-0.2, -0.15) is 0 Å². The maximum atomic E-state index is 12.9. The van der Waals surface area contributed by atoms with Crippen LogP contribution in [0.2, 0.25) is 0 Å². The summed E-state index contributed by atoms with van der Waals surface area (Å²) in [6.07, 6.45) is 85.3. The molecule has 0 N–H and O–H groups in total. The van der Waals surface area contributed by atoms with E-state index < -0.39 is 6.10 Å². The van der Waals surface area contributed by atoms with Crippen molar-refractivity contribution in [2.45, 2.75) is 348 Å². The first kappa shape index (κ1) is 73.8. The normalized spacial score (nSPS) is 12.5. The van der Waals surface area contributed by atoms with E-state index in [1.165, 1.54) is 199 Å². The minimum atomic E-state index is -0.775. The van der Waals surface area contributed by atoms with Gasteiger partial charge in [-0.05, 0) is 70.6 Å². The Balaban J connectivity index is 4.06. The molecular formula is C71H126O6. The molecule has 1 unspecified atom stereocenters. The molecule has 0 fully saturated rings. The number of allylic oxidation sites excluding steroid dienone is 12. The van der Waals surface area contributed by atoms with Gasteiger partial charge in [-0.15, -0.1) is 0 Å². The van der Waals surface area contributed by atoms with Crippen LogP contribution in [0.5, 0.6) is 0 Å². The van der Waals surface area contributed by atoms with Gasteiger partial charge in [-0.1, -0.05) is 325 Å². The molecule has 0 bridgehead atoms. The highest BCUT2D eigenvalue weighted by atomic mass is 16.6. The average Bonchev–Trinajstić information content (AvgIpc) is 3.43. The second kappa shape index (κ2) is 65.4. The van der Waals surface area contributed by atoms with Gasteiger partial charge in [0.05, 0.1) is 0 Å². The van der Waals surface area contributed by atoms with Gasteiger partial charge >= 0.3 is 17.9 Å². The minimum absolute atomic E-state index is 0.0748. The van der Waals surface area contributed by atoms with Crippen LogP contribution in [0.4, 0.5) is 0 Å². The number of unbranched alkanes of at least 4 members (excludes halogenated alkanes) is 38. The van der Waals surface area contributed by atoms with Gasteiger partial charge in [0.25, 0.3) is 0 Å². The zero-order valence-corrected chi connectivity index (χ0v) is 51.2. The average molecular weight is 1080 g/mol. The topological polar surface area (TPSA) is 78.9 Å². The summed E-state index contributed by atoms with van der Waals surface area (Å²) in [6, 6.07) is 0. The summed E-state index contributed by atoms with van der Waals surface area (Å²) in [5.74, 6) is -0.876. The molecule has 0 amide bonds. The van der Waals surface area contributed by atoms with E-state index in [1.807, 2.05) is 0 Å². The van der Waals surface area contributed by atoms with Gasteiger partial charge in [0.2, 0.25) is 0 Å². The predicted molar refractivity (Wildman–Crippen MR) is 335 cm³/mol. The summed E-state index contributed by atoms with van der Waals surface area (Å²) in [4.78, 5) is 38.1. The minimum Gasteiger partial charge on any atom is -0.462 e. The van der Waals surface area contributed by atoms with Crippen molar-refractivity contribution in [3.63, 3.8) is 0 Å². The molecule has 0 rings (SSSR count). The van der Waals surface area contributed by atoms with E-state index in [4.69, 9.17) is 14.2 Å². The van der Waals surface area contributed by atoms with Crippen molar-refractivity contribution in [1.29, 1.82) is 0 Å². The number of hydrogen-bond donors (Lipinski definition) is 0. The molecule has 6 heteroatoms. The number of ether oxygens (including phenoxy) is 3. The summed E-state index contributed by atoms with van der Waals surface area (Å²) in [5, 5.41) is 0. The molecule has 0 aromatic heterocycles. The molecule has 446 valence electrons. The fraction of sp³-hybridized carbons (Fsp3) is 0.789. The highest BCUT2D eigenvalue weighted by Crippen LogP contribution is 2.18. The van der Waals surface area contributed by atoms with Gasteiger partial charge in [-0.3, -0.25) is 14.4 Å². The number of hydrogen-bond acceptors (Lipinski definition) is 6. The molecule has 0 aromatic carbocycles. The maximum absolute atomic E-state index is 12.9. The van der Waals surface area contributed by atoms with Crippen molar-refractivity contribution < 1.29 is 28.6 Å². The molecule has 0 heterocycles. The van der Waals surface area contributed by atoms with E-state index in [9.17, 15) is 14.4 Å². The van der Waals surface area contributed by atoms with Crippen molar-refractivity contribution in [1.82, 2.24) is 0 Å². The number of carbonyl (C=O) groups is 3. The zero-order chi connectivity index (χ0) is 55.7. The van der Waals surface area contributed by atoms with Crippen molar-refractivity contribution >= 4 is 17.9 Å². The lowest BCUT2D eigenvalue weighted by molar-refractivity contribution is -0.167. The van der Waals surface area contributed by atoms with E-state index in [-0.39, 0.29) is 31.1 Å². The van der Waals surface area contributed by atoms with Crippen LogP contribution in [0.15, 0.2) is 72.9 Å². The highest BCUT2D eigenvalue weighted by molar-refractivity contribution is 5.71. The van der Waals surface area contributed by atoms with Gasteiger partial charge in [0.1, 0.15) is 13.2 Å². The van der Waals surface area contributed by atoms with E-state index in [2.05, 4.69) is 93.7 Å². The summed E-state index contributed by atoms with van der Waals surface area (Å²) < 4.78 is 16.8. The van der Waals surface area contributed by atoms with Crippen molar-refractivity contribution in [3.8, 4) is 0 Å². The zero-order valence-electron chi connectivity index (χ0n) is 51.2. The van der Waals surface area contributed by atoms with E-state index >= 15 is 0 Å². The molecule has 0 spiro atoms. The van der Waals surface area contributed by atoms with Crippen LogP contribution >= 0.6 is 0 Å². The lowest BCUT2D eigenvalue weighted by Gasteiger charge is -2.18. The molecule has 0 radical (unpaired) electrons. The smallest absolute Gasteiger partial charge is 0.306 e. The summed E-state index contributed by atoms with van der Waals surface area (Å²) in [6.45, 7) is 6.51. The standard InChI is InChI=1S/C71H126O6/c1-4-7-10-13-16-18-20-22-24-26-28-30-32-34-36-38-39-41-43-45-47-49-51-53-55-58-61-64-70(73)76-67-68(66-75-69(72)63-60-57-15-12-9-6-3)77-71(74)65-62-59-56-54-52-50-48-46-44-42-40-37-35-33-31-29-27-25-23-21-19-17-14-11-8-5-2/h7,10,16,18,22,24,28,30,34,36,39,41,68H,4-6,8-9,11-15,17,19-21,23,25-27,29,31-33,35,37-38,40,42-67H2,1-3H3/b10-7-,18-16-,24-22-,30-28-,36-34-,41-39-. The molecule has 77 heavy (non-hydrogen) atoms. The van der Waals surface area contributed by atoms with E-state index in [0.717, 1.165) is 103 Å². The Morgan fingerprint density at radius 1 is 0.273 bits per heavy atom. The second-order valence-electron chi connectivity index (χ2n) is 22.4. The first-order valence-electron chi connectivity index (χ1n) is 33.4. The Morgan fingerprint density at radius 2 is 0.506 bits per heavy atom. The lowest BCUT2D eigenvalue weighted by Crippen LogP contribution is -2.30. The van der Waals surface area contributed by atoms with Crippen molar-refractivity contribution in [2.24, 2.45) is 0 Å². The first-order chi connectivity index (χ1) is 38.0. The molecule has 6 nitrogen and oxygen atoms in total. The number of esters is 3.